The number of benzene rings is 1. The molecule has 9 heteroatoms. The van der Waals surface area contributed by atoms with E-state index in [0.717, 1.165) is 12.8 Å². The highest BCUT2D eigenvalue weighted by atomic mass is 16.5. The fourth-order valence-electron chi connectivity index (χ4n) is 4.68. The second-order valence-corrected chi connectivity index (χ2v) is 9.05. The minimum atomic E-state index is -0.515. The number of ether oxygens (including phenoxy) is 4. The van der Waals surface area contributed by atoms with Crippen molar-refractivity contribution in [1.82, 2.24) is 9.80 Å². The van der Waals surface area contributed by atoms with Gasteiger partial charge in [-0.3, -0.25) is 9.59 Å². The van der Waals surface area contributed by atoms with E-state index in [1.165, 1.54) is 12.0 Å². The van der Waals surface area contributed by atoms with Crippen molar-refractivity contribution in [2.24, 2.45) is 5.92 Å². The number of carbonyl (C=O) groups excluding carboxylic acids is 2. The van der Waals surface area contributed by atoms with Crippen molar-refractivity contribution in [3.05, 3.63) is 29.3 Å². The number of amides is 2. The lowest BCUT2D eigenvalue weighted by Crippen LogP contribution is -2.50. The summed E-state index contributed by atoms with van der Waals surface area (Å²) in [6.07, 6.45) is 1.25. The Morgan fingerprint density at radius 1 is 1.03 bits per heavy atom. The average Bonchev–Trinajstić information content (AvgIpc) is 2.85. The predicted molar refractivity (Wildman–Crippen MR) is 125 cm³/mol. The first kappa shape index (κ1) is 25.9. The number of fused-ring (bicyclic) bond motifs is 3. The monoisotopic (exact) mass is 473 g/mol. The molecule has 0 saturated carbocycles. The smallest absolute Gasteiger partial charge is 0.257 e. The Bertz CT molecular complexity index is 916. The van der Waals surface area contributed by atoms with E-state index < -0.39 is 12.0 Å². The van der Waals surface area contributed by atoms with E-state index in [1.54, 1.807) is 51.2 Å². The SMILES string of the molecule is CO[C@H]1CN(C)C(=O)c2cccc(C#N)c2OCC[C@H]2CC[C@@H](OC)[C@@H](CN(C)C(=O)[C@H]1C)O2. The van der Waals surface area contributed by atoms with Gasteiger partial charge in [-0.1, -0.05) is 13.0 Å². The van der Waals surface area contributed by atoms with Gasteiger partial charge in [0, 0.05) is 47.8 Å². The Hall–Kier alpha value is -2.67. The third-order valence-electron chi connectivity index (χ3n) is 6.79. The Morgan fingerprint density at radius 2 is 1.76 bits per heavy atom. The molecule has 9 nitrogen and oxygen atoms in total. The highest BCUT2D eigenvalue weighted by molar-refractivity contribution is 5.97. The molecule has 0 aromatic heterocycles. The lowest BCUT2D eigenvalue weighted by molar-refractivity contribution is -0.154. The molecule has 0 unspecified atom stereocenters. The van der Waals surface area contributed by atoms with Crippen molar-refractivity contribution in [3.63, 3.8) is 0 Å². The van der Waals surface area contributed by atoms with Gasteiger partial charge in [-0.05, 0) is 25.0 Å². The van der Waals surface area contributed by atoms with E-state index >= 15 is 0 Å². The second-order valence-electron chi connectivity index (χ2n) is 9.05. The van der Waals surface area contributed by atoms with Gasteiger partial charge in [0.2, 0.25) is 5.91 Å². The third kappa shape index (κ3) is 5.69. The van der Waals surface area contributed by atoms with Crippen molar-refractivity contribution in [3.8, 4) is 11.8 Å². The van der Waals surface area contributed by atoms with E-state index in [4.69, 9.17) is 18.9 Å². The molecule has 1 aromatic carbocycles. The quantitative estimate of drug-likeness (QED) is 0.648. The molecule has 3 rings (SSSR count). The summed E-state index contributed by atoms with van der Waals surface area (Å²) in [5.74, 6) is -0.601. The maximum atomic E-state index is 13.3. The van der Waals surface area contributed by atoms with Crippen molar-refractivity contribution in [2.45, 2.75) is 50.6 Å². The summed E-state index contributed by atoms with van der Waals surface area (Å²) >= 11 is 0. The van der Waals surface area contributed by atoms with Crippen LogP contribution in [0.2, 0.25) is 0 Å². The molecule has 0 aliphatic carbocycles. The lowest BCUT2D eigenvalue weighted by atomic mass is 9.97. The predicted octanol–water partition coefficient (Wildman–Crippen LogP) is 2.08. The molecule has 2 heterocycles. The second kappa shape index (κ2) is 11.6. The van der Waals surface area contributed by atoms with E-state index in [-0.39, 0.29) is 42.4 Å². The van der Waals surface area contributed by atoms with Crippen LogP contribution in [0.25, 0.3) is 0 Å². The minimum Gasteiger partial charge on any atom is -0.491 e. The van der Waals surface area contributed by atoms with Crippen molar-refractivity contribution in [2.75, 3.05) is 48.0 Å². The summed E-state index contributed by atoms with van der Waals surface area (Å²) in [5, 5.41) is 9.60. The summed E-state index contributed by atoms with van der Waals surface area (Å²) in [6, 6.07) is 7.07. The number of hydrogen-bond donors (Lipinski definition) is 0. The Balaban J connectivity index is 1.95. The number of nitrogens with zero attached hydrogens (tertiary/aromatic N) is 3. The van der Waals surface area contributed by atoms with Crippen LogP contribution in [-0.4, -0.2) is 94.0 Å². The zero-order valence-corrected chi connectivity index (χ0v) is 20.7. The van der Waals surface area contributed by atoms with Gasteiger partial charge in [0.25, 0.3) is 5.91 Å². The average molecular weight is 474 g/mol. The maximum absolute atomic E-state index is 13.3. The number of hydrogen-bond acceptors (Lipinski definition) is 7. The highest BCUT2D eigenvalue weighted by Crippen LogP contribution is 2.28. The van der Waals surface area contributed by atoms with E-state index in [9.17, 15) is 14.9 Å². The Labute approximate surface area is 201 Å². The fraction of sp³-hybridized carbons (Fsp3) is 0.640. The Morgan fingerprint density at radius 3 is 2.44 bits per heavy atom. The van der Waals surface area contributed by atoms with E-state index in [2.05, 4.69) is 6.07 Å². The van der Waals surface area contributed by atoms with Crippen molar-refractivity contribution >= 4 is 11.8 Å². The van der Waals surface area contributed by atoms with Crippen molar-refractivity contribution in [1.29, 1.82) is 5.26 Å². The van der Waals surface area contributed by atoms with Gasteiger partial charge >= 0.3 is 0 Å². The first-order valence-corrected chi connectivity index (χ1v) is 11.7. The summed E-state index contributed by atoms with van der Waals surface area (Å²) in [6.45, 7) is 2.70. The number of carbonyl (C=O) groups is 2. The molecule has 1 aromatic rings. The zero-order valence-electron chi connectivity index (χ0n) is 20.7. The van der Waals surface area contributed by atoms with Crippen LogP contribution in [0.15, 0.2) is 18.2 Å². The molecule has 0 radical (unpaired) electrons. The van der Waals surface area contributed by atoms with E-state index in [0.29, 0.717) is 30.7 Å². The summed E-state index contributed by atoms with van der Waals surface area (Å²) < 4.78 is 23.6. The lowest BCUT2D eigenvalue weighted by Gasteiger charge is -2.38. The standard InChI is InChI=1S/C25H35N3O6/c1-16-21(32-5)14-28(3)25(30)19-8-6-7-17(13-26)23(19)33-12-11-18-9-10-20(31-4)22(34-18)15-27(2)24(16)29/h6-8,16,18,20-22H,9-12,14-15H2,1-5H3/t16-,18+,20+,21-,22+/m0/s1. The number of likely N-dealkylation sites (N-methyl/N-ethyl adjacent to an activating group) is 2. The molecule has 1 fully saturated rings. The molecule has 186 valence electrons. The van der Waals surface area contributed by atoms with Gasteiger partial charge in [-0.15, -0.1) is 0 Å². The van der Waals surface area contributed by atoms with Crippen LogP contribution < -0.4 is 4.74 Å². The maximum Gasteiger partial charge on any atom is 0.257 e. The first-order valence-electron chi connectivity index (χ1n) is 11.7. The van der Waals surface area contributed by atoms with Gasteiger partial charge in [-0.2, -0.15) is 5.26 Å². The van der Waals surface area contributed by atoms with Gasteiger partial charge in [0.1, 0.15) is 17.9 Å². The number of para-hydroxylation sites is 1. The molecule has 5 atom stereocenters. The fourth-order valence-corrected chi connectivity index (χ4v) is 4.68. The van der Waals surface area contributed by atoms with Gasteiger partial charge in [0.15, 0.2) is 0 Å². The summed E-state index contributed by atoms with van der Waals surface area (Å²) in [4.78, 5) is 29.7. The normalized spacial score (nSPS) is 29.2. The number of methoxy groups -OCH3 is 2. The molecule has 34 heavy (non-hydrogen) atoms. The van der Waals surface area contributed by atoms with Crippen LogP contribution in [0.1, 0.15) is 42.1 Å². The van der Waals surface area contributed by atoms with Gasteiger partial charge in [0.05, 0.1) is 42.0 Å². The molecule has 2 aliphatic rings. The Kier molecular flexibility index (Phi) is 8.89. The highest BCUT2D eigenvalue weighted by Gasteiger charge is 2.36. The van der Waals surface area contributed by atoms with Crippen molar-refractivity contribution < 1.29 is 28.5 Å². The molecule has 0 spiro atoms. The molecule has 2 bridgehead atoms. The van der Waals surface area contributed by atoms with Crippen LogP contribution in [-0.2, 0) is 19.0 Å². The topological polar surface area (TPSA) is 101 Å². The van der Waals surface area contributed by atoms with Gasteiger partial charge < -0.3 is 28.7 Å². The molecular formula is C25H35N3O6. The minimum absolute atomic E-state index is 0.0759. The number of nitriles is 1. The molecule has 0 N–H and O–H groups in total. The molecule has 2 amide bonds. The van der Waals surface area contributed by atoms with E-state index in [1.807, 2.05) is 0 Å². The van der Waals surface area contributed by atoms with Crippen LogP contribution in [0, 0.1) is 17.2 Å². The third-order valence-corrected chi connectivity index (χ3v) is 6.79. The van der Waals surface area contributed by atoms with Crippen LogP contribution in [0.4, 0.5) is 0 Å². The van der Waals surface area contributed by atoms with Gasteiger partial charge in [-0.25, -0.2) is 0 Å². The summed E-state index contributed by atoms with van der Waals surface area (Å²) in [7, 11) is 6.61. The molecule has 2 aliphatic heterocycles. The van der Waals surface area contributed by atoms with Crippen LogP contribution in [0.5, 0.6) is 5.75 Å². The molecular weight excluding hydrogens is 438 g/mol. The summed E-state index contributed by atoms with van der Waals surface area (Å²) in [5.41, 5.74) is 0.609. The largest absolute Gasteiger partial charge is 0.491 e. The molecule has 1 saturated heterocycles. The first-order chi connectivity index (χ1) is 16.3. The zero-order chi connectivity index (χ0) is 24.8. The van der Waals surface area contributed by atoms with Crippen LogP contribution >= 0.6 is 0 Å². The van der Waals surface area contributed by atoms with Crippen LogP contribution in [0.3, 0.4) is 0 Å². The number of rotatable bonds is 2.